The first-order valence-electron chi connectivity index (χ1n) is 8.05. The van der Waals surface area contributed by atoms with Gasteiger partial charge in [0.05, 0.1) is 17.8 Å². The molecule has 2 aromatic rings. The van der Waals surface area contributed by atoms with Gasteiger partial charge in [-0.1, -0.05) is 57.3 Å². The standard InChI is InChI=1S/C19H16BrCl2NO2/c1-25-17-14(22)7-6-13-16(17)23(10-19(13)8-9-19)18(24)15(20)11-2-4-12(21)5-3-11/h2-7,15H,8-10H2,1H3. The lowest BCUT2D eigenvalue weighted by molar-refractivity contribution is -0.118. The maximum atomic E-state index is 13.2. The van der Waals surface area contributed by atoms with Crippen molar-refractivity contribution in [1.82, 2.24) is 0 Å². The van der Waals surface area contributed by atoms with Crippen LogP contribution in [0.5, 0.6) is 5.75 Å². The smallest absolute Gasteiger partial charge is 0.245 e. The summed E-state index contributed by atoms with van der Waals surface area (Å²) in [5.74, 6) is 0.556. The van der Waals surface area contributed by atoms with Gasteiger partial charge in [-0.3, -0.25) is 4.79 Å². The van der Waals surface area contributed by atoms with Crippen molar-refractivity contribution in [2.75, 3.05) is 18.6 Å². The third-order valence-electron chi connectivity index (χ3n) is 5.09. The van der Waals surface area contributed by atoms with Gasteiger partial charge in [0, 0.05) is 17.0 Å². The van der Waals surface area contributed by atoms with E-state index < -0.39 is 4.83 Å². The molecule has 1 amide bonds. The molecular weight excluding hydrogens is 425 g/mol. The van der Waals surface area contributed by atoms with Crippen LogP contribution in [0.25, 0.3) is 0 Å². The zero-order chi connectivity index (χ0) is 17.8. The SMILES string of the molecule is COc1c(Cl)ccc2c1N(C(=O)C(Br)c1ccc(Cl)cc1)CC21CC1. The summed E-state index contributed by atoms with van der Waals surface area (Å²) in [6.07, 6.45) is 2.17. The molecule has 2 aromatic carbocycles. The molecule has 1 heterocycles. The molecule has 1 saturated carbocycles. The molecule has 1 spiro atoms. The van der Waals surface area contributed by atoms with E-state index in [4.69, 9.17) is 27.9 Å². The normalized spacial score (nSPS) is 18.2. The van der Waals surface area contributed by atoms with Gasteiger partial charge in [0.15, 0.2) is 5.75 Å². The Hall–Kier alpha value is -1.23. The minimum Gasteiger partial charge on any atom is -0.493 e. The second kappa shape index (κ2) is 6.19. The van der Waals surface area contributed by atoms with E-state index in [1.807, 2.05) is 29.2 Å². The van der Waals surface area contributed by atoms with E-state index >= 15 is 0 Å². The van der Waals surface area contributed by atoms with E-state index in [2.05, 4.69) is 15.9 Å². The lowest BCUT2D eigenvalue weighted by atomic mass is 9.98. The molecule has 3 nitrogen and oxygen atoms in total. The molecule has 1 aliphatic carbocycles. The van der Waals surface area contributed by atoms with Gasteiger partial charge in [-0.25, -0.2) is 0 Å². The van der Waals surface area contributed by atoms with Gasteiger partial charge in [-0.05, 0) is 42.2 Å². The lowest BCUT2D eigenvalue weighted by Gasteiger charge is -2.23. The minimum atomic E-state index is -0.449. The number of rotatable bonds is 3. The summed E-state index contributed by atoms with van der Waals surface area (Å²) in [5.41, 5.74) is 2.91. The topological polar surface area (TPSA) is 29.5 Å². The fraction of sp³-hybridized carbons (Fsp3) is 0.316. The minimum absolute atomic E-state index is 0.0204. The predicted molar refractivity (Wildman–Crippen MR) is 104 cm³/mol. The summed E-state index contributed by atoms with van der Waals surface area (Å²) in [6.45, 7) is 0.674. The van der Waals surface area contributed by atoms with Crippen LogP contribution in [0.2, 0.25) is 10.0 Å². The summed E-state index contributed by atoms with van der Waals surface area (Å²) in [6, 6.07) is 11.2. The number of anilines is 1. The van der Waals surface area contributed by atoms with E-state index in [-0.39, 0.29) is 11.3 Å². The lowest BCUT2D eigenvalue weighted by Crippen LogP contribution is -2.34. The number of carbonyl (C=O) groups is 1. The molecule has 130 valence electrons. The van der Waals surface area contributed by atoms with Crippen LogP contribution < -0.4 is 9.64 Å². The van der Waals surface area contributed by atoms with Gasteiger partial charge in [0.1, 0.15) is 4.83 Å². The highest BCUT2D eigenvalue weighted by atomic mass is 79.9. The van der Waals surface area contributed by atoms with E-state index in [9.17, 15) is 4.79 Å². The Labute approximate surface area is 165 Å². The van der Waals surface area contributed by atoms with Crippen LogP contribution in [0.3, 0.4) is 0 Å². The quantitative estimate of drug-likeness (QED) is 0.588. The number of hydrogen-bond donors (Lipinski definition) is 0. The maximum Gasteiger partial charge on any atom is 0.245 e. The fourth-order valence-electron chi connectivity index (χ4n) is 3.58. The molecule has 4 rings (SSSR count). The monoisotopic (exact) mass is 439 g/mol. The molecule has 0 bridgehead atoms. The fourth-order valence-corrected chi connectivity index (χ4v) is 4.49. The van der Waals surface area contributed by atoms with Crippen LogP contribution in [0.4, 0.5) is 5.69 Å². The number of carbonyl (C=O) groups excluding carboxylic acids is 1. The number of fused-ring (bicyclic) bond motifs is 2. The summed E-state index contributed by atoms with van der Waals surface area (Å²) in [5, 5.41) is 1.17. The largest absolute Gasteiger partial charge is 0.493 e. The Balaban J connectivity index is 1.74. The zero-order valence-corrected chi connectivity index (χ0v) is 16.7. The Morgan fingerprint density at radius 2 is 1.88 bits per heavy atom. The third kappa shape index (κ3) is 2.75. The number of nitrogens with zero attached hydrogens (tertiary/aromatic N) is 1. The number of amides is 1. The number of hydrogen-bond acceptors (Lipinski definition) is 2. The Morgan fingerprint density at radius 3 is 2.48 bits per heavy atom. The summed E-state index contributed by atoms with van der Waals surface area (Å²) < 4.78 is 5.53. The highest BCUT2D eigenvalue weighted by molar-refractivity contribution is 9.09. The molecule has 1 atom stereocenters. The molecule has 0 N–H and O–H groups in total. The molecule has 1 aliphatic heterocycles. The highest BCUT2D eigenvalue weighted by Gasteiger charge is 2.54. The molecule has 0 radical (unpaired) electrons. The van der Waals surface area contributed by atoms with Crippen molar-refractivity contribution >= 4 is 50.7 Å². The summed E-state index contributed by atoms with van der Waals surface area (Å²) in [4.78, 5) is 14.6. The number of benzene rings is 2. The molecular formula is C19H16BrCl2NO2. The molecule has 2 aliphatic rings. The Kier molecular flexibility index (Phi) is 4.25. The van der Waals surface area contributed by atoms with Crippen LogP contribution in [-0.4, -0.2) is 19.6 Å². The van der Waals surface area contributed by atoms with E-state index in [1.165, 1.54) is 0 Å². The van der Waals surface area contributed by atoms with Crippen molar-refractivity contribution < 1.29 is 9.53 Å². The van der Waals surface area contributed by atoms with Crippen LogP contribution in [0.1, 0.15) is 28.8 Å². The first kappa shape index (κ1) is 17.2. The average Bonchev–Trinajstić information content (AvgIpc) is 3.31. The van der Waals surface area contributed by atoms with Gasteiger partial charge in [0.2, 0.25) is 5.91 Å². The van der Waals surface area contributed by atoms with Gasteiger partial charge in [0.25, 0.3) is 0 Å². The van der Waals surface area contributed by atoms with Crippen LogP contribution in [0, 0.1) is 0 Å². The van der Waals surface area contributed by atoms with E-state index in [1.54, 1.807) is 19.2 Å². The van der Waals surface area contributed by atoms with Crippen molar-refractivity contribution in [3.8, 4) is 5.75 Å². The van der Waals surface area contributed by atoms with Crippen molar-refractivity contribution in [3.05, 3.63) is 57.6 Å². The zero-order valence-electron chi connectivity index (χ0n) is 13.6. The third-order valence-corrected chi connectivity index (χ3v) is 6.56. The predicted octanol–water partition coefficient (Wildman–Crippen LogP) is 5.52. The van der Waals surface area contributed by atoms with Crippen molar-refractivity contribution in [3.63, 3.8) is 0 Å². The van der Waals surface area contributed by atoms with Crippen molar-refractivity contribution in [1.29, 1.82) is 0 Å². The van der Waals surface area contributed by atoms with Crippen molar-refractivity contribution in [2.24, 2.45) is 0 Å². The van der Waals surface area contributed by atoms with Gasteiger partial charge < -0.3 is 9.64 Å². The van der Waals surface area contributed by atoms with Crippen molar-refractivity contribution in [2.45, 2.75) is 23.1 Å². The van der Waals surface area contributed by atoms with Crippen LogP contribution in [0.15, 0.2) is 36.4 Å². The summed E-state index contributed by atoms with van der Waals surface area (Å²) >= 11 is 15.8. The number of alkyl halides is 1. The molecule has 6 heteroatoms. The molecule has 25 heavy (non-hydrogen) atoms. The molecule has 0 aromatic heterocycles. The molecule has 1 fully saturated rings. The number of halogens is 3. The van der Waals surface area contributed by atoms with Crippen LogP contribution in [-0.2, 0) is 10.2 Å². The average molecular weight is 441 g/mol. The van der Waals surface area contributed by atoms with Gasteiger partial charge >= 0.3 is 0 Å². The first-order chi connectivity index (χ1) is 12.0. The maximum absolute atomic E-state index is 13.2. The number of ether oxygens (including phenoxy) is 1. The second-order valence-electron chi connectivity index (χ2n) is 6.60. The molecule has 1 unspecified atom stereocenters. The first-order valence-corrected chi connectivity index (χ1v) is 9.72. The Morgan fingerprint density at radius 1 is 1.20 bits per heavy atom. The second-order valence-corrected chi connectivity index (χ2v) is 8.35. The highest BCUT2D eigenvalue weighted by Crippen LogP contribution is 2.60. The van der Waals surface area contributed by atoms with Crippen LogP contribution >= 0.6 is 39.1 Å². The Bertz CT molecular complexity index is 849. The molecule has 0 saturated heterocycles. The van der Waals surface area contributed by atoms with Gasteiger partial charge in [-0.15, -0.1) is 0 Å². The van der Waals surface area contributed by atoms with Gasteiger partial charge in [-0.2, -0.15) is 0 Å². The number of methoxy groups -OCH3 is 1. The van der Waals surface area contributed by atoms with E-state index in [0.29, 0.717) is 22.3 Å². The summed E-state index contributed by atoms with van der Waals surface area (Å²) in [7, 11) is 1.59. The van der Waals surface area contributed by atoms with E-state index in [0.717, 1.165) is 29.7 Å².